The number of phenols is 1. The molecule has 0 aromatic heterocycles. The monoisotopic (exact) mass is 332 g/mol. The molecule has 1 amide bonds. The molecule has 3 unspecified atom stereocenters. The van der Waals surface area contributed by atoms with E-state index in [1.165, 1.54) is 19.4 Å². The van der Waals surface area contributed by atoms with Gasteiger partial charge in [-0.2, -0.15) is 0 Å². The number of piperidine rings is 1. The van der Waals surface area contributed by atoms with Gasteiger partial charge in [0, 0.05) is 18.7 Å². The lowest BCUT2D eigenvalue weighted by Crippen LogP contribution is -2.44. The number of para-hydroxylation sites is 1. The Kier molecular flexibility index (Phi) is 5.71. The quantitative estimate of drug-likeness (QED) is 0.651. The van der Waals surface area contributed by atoms with Crippen molar-refractivity contribution < 1.29 is 9.90 Å². The van der Waals surface area contributed by atoms with Crippen molar-refractivity contribution in [2.75, 3.05) is 26.7 Å². The molecule has 0 spiro atoms. The molecule has 2 saturated heterocycles. The van der Waals surface area contributed by atoms with Crippen molar-refractivity contribution in [2.24, 2.45) is 5.92 Å². The van der Waals surface area contributed by atoms with E-state index >= 15 is 0 Å². The number of nitrogens with one attached hydrogen (secondary N) is 3. The fraction of sp³-hybridized carbons (Fsp3) is 0.611. The van der Waals surface area contributed by atoms with Gasteiger partial charge >= 0.3 is 0 Å². The zero-order valence-electron chi connectivity index (χ0n) is 14.3. The fourth-order valence-corrected chi connectivity index (χ4v) is 3.75. The van der Waals surface area contributed by atoms with E-state index in [1.54, 1.807) is 12.1 Å². The first-order chi connectivity index (χ1) is 11.6. The molecule has 0 saturated carbocycles. The standard InChI is InChI=1S/C18H28N4O2/c1-22-10-4-5-13(12-22)8-9-19-18(24)16-11-15(20-21-16)14-6-2-3-7-17(14)23/h2-3,6-7,13,15-16,20-21,23H,4-5,8-12H2,1H3,(H,19,24). The summed E-state index contributed by atoms with van der Waals surface area (Å²) in [6.07, 6.45) is 4.19. The van der Waals surface area contributed by atoms with Crippen LogP contribution in [0, 0.1) is 5.92 Å². The molecule has 3 atom stereocenters. The van der Waals surface area contributed by atoms with Crippen LogP contribution in [0.15, 0.2) is 24.3 Å². The molecule has 2 heterocycles. The van der Waals surface area contributed by atoms with Crippen LogP contribution in [-0.2, 0) is 4.79 Å². The van der Waals surface area contributed by atoms with Gasteiger partial charge in [-0.05, 0) is 51.3 Å². The van der Waals surface area contributed by atoms with Crippen LogP contribution >= 0.6 is 0 Å². The first-order valence-electron chi connectivity index (χ1n) is 8.88. The van der Waals surface area contributed by atoms with Crippen LogP contribution < -0.4 is 16.2 Å². The van der Waals surface area contributed by atoms with Crippen LogP contribution in [0.5, 0.6) is 5.75 Å². The number of carbonyl (C=O) groups is 1. The predicted molar refractivity (Wildman–Crippen MR) is 93.4 cm³/mol. The molecule has 6 heteroatoms. The van der Waals surface area contributed by atoms with Gasteiger partial charge in [0.25, 0.3) is 0 Å². The van der Waals surface area contributed by atoms with Crippen molar-refractivity contribution in [3.05, 3.63) is 29.8 Å². The summed E-state index contributed by atoms with van der Waals surface area (Å²) in [6.45, 7) is 3.06. The second-order valence-electron chi connectivity index (χ2n) is 7.04. The van der Waals surface area contributed by atoms with E-state index in [1.807, 2.05) is 12.1 Å². The molecule has 0 radical (unpaired) electrons. The van der Waals surface area contributed by atoms with Gasteiger partial charge in [-0.25, -0.2) is 10.9 Å². The van der Waals surface area contributed by atoms with Gasteiger partial charge in [0.1, 0.15) is 11.8 Å². The highest BCUT2D eigenvalue weighted by Crippen LogP contribution is 2.29. The third-order valence-corrected chi connectivity index (χ3v) is 5.11. The molecule has 2 fully saturated rings. The summed E-state index contributed by atoms with van der Waals surface area (Å²) < 4.78 is 0. The highest BCUT2D eigenvalue weighted by Gasteiger charge is 2.31. The molecule has 2 aliphatic heterocycles. The Morgan fingerprint density at radius 1 is 1.38 bits per heavy atom. The Hall–Kier alpha value is -1.63. The van der Waals surface area contributed by atoms with Crippen LogP contribution in [0.3, 0.4) is 0 Å². The first-order valence-corrected chi connectivity index (χ1v) is 8.88. The zero-order valence-corrected chi connectivity index (χ0v) is 14.3. The van der Waals surface area contributed by atoms with E-state index in [0.717, 1.165) is 25.1 Å². The Bertz CT molecular complexity index is 566. The average Bonchev–Trinajstić information content (AvgIpc) is 3.05. The maximum Gasteiger partial charge on any atom is 0.238 e. The SMILES string of the molecule is CN1CCCC(CCNC(=O)C2CC(c3ccccc3O)NN2)C1. The molecule has 2 aliphatic rings. The second kappa shape index (κ2) is 7.96. The predicted octanol–water partition coefficient (Wildman–Crippen LogP) is 1.15. The van der Waals surface area contributed by atoms with Gasteiger partial charge < -0.3 is 15.3 Å². The van der Waals surface area contributed by atoms with Crippen LogP contribution in [0.4, 0.5) is 0 Å². The lowest BCUT2D eigenvalue weighted by atomic mass is 9.95. The van der Waals surface area contributed by atoms with Gasteiger partial charge in [-0.3, -0.25) is 4.79 Å². The smallest absolute Gasteiger partial charge is 0.238 e. The Labute approximate surface area is 143 Å². The molecule has 0 aliphatic carbocycles. The summed E-state index contributed by atoms with van der Waals surface area (Å²) in [4.78, 5) is 14.7. The van der Waals surface area contributed by atoms with Crippen molar-refractivity contribution in [2.45, 2.75) is 37.8 Å². The number of aromatic hydroxyl groups is 1. The number of hydrogen-bond acceptors (Lipinski definition) is 5. The van der Waals surface area contributed by atoms with Gasteiger partial charge in [0.05, 0.1) is 6.04 Å². The topological polar surface area (TPSA) is 76.6 Å². The minimum atomic E-state index is -0.261. The molecule has 0 bridgehead atoms. The minimum Gasteiger partial charge on any atom is -0.508 e. The summed E-state index contributed by atoms with van der Waals surface area (Å²) in [7, 11) is 2.16. The average molecular weight is 332 g/mol. The number of likely N-dealkylation sites (tertiary alicyclic amines) is 1. The maximum atomic E-state index is 12.3. The molecule has 1 aromatic rings. The third-order valence-electron chi connectivity index (χ3n) is 5.11. The van der Waals surface area contributed by atoms with Gasteiger partial charge in [0.15, 0.2) is 0 Å². The number of amides is 1. The molecular weight excluding hydrogens is 304 g/mol. The largest absolute Gasteiger partial charge is 0.508 e. The molecule has 4 N–H and O–H groups in total. The molecule has 6 nitrogen and oxygen atoms in total. The molecule has 3 rings (SSSR count). The van der Waals surface area contributed by atoms with Crippen molar-refractivity contribution >= 4 is 5.91 Å². The van der Waals surface area contributed by atoms with E-state index in [-0.39, 0.29) is 23.7 Å². The molecule has 132 valence electrons. The summed E-state index contributed by atoms with van der Waals surface area (Å²) in [5, 5.41) is 13.0. The van der Waals surface area contributed by atoms with Crippen molar-refractivity contribution in [1.29, 1.82) is 0 Å². The Morgan fingerprint density at radius 3 is 3.00 bits per heavy atom. The summed E-state index contributed by atoms with van der Waals surface area (Å²) in [5.74, 6) is 0.983. The number of hydrazine groups is 1. The number of carbonyl (C=O) groups excluding carboxylic acids is 1. The first kappa shape index (κ1) is 17.2. The number of phenolic OH excluding ortho intramolecular Hbond substituents is 1. The number of nitrogens with zero attached hydrogens (tertiary/aromatic N) is 1. The minimum absolute atomic E-state index is 0.0320. The zero-order chi connectivity index (χ0) is 16.9. The molecule has 24 heavy (non-hydrogen) atoms. The van der Waals surface area contributed by atoms with Crippen LogP contribution in [-0.4, -0.2) is 48.6 Å². The number of benzene rings is 1. The second-order valence-corrected chi connectivity index (χ2v) is 7.04. The summed E-state index contributed by atoms with van der Waals surface area (Å²) in [5.41, 5.74) is 6.98. The van der Waals surface area contributed by atoms with Crippen molar-refractivity contribution in [1.82, 2.24) is 21.1 Å². The van der Waals surface area contributed by atoms with Gasteiger partial charge in [-0.15, -0.1) is 0 Å². The van der Waals surface area contributed by atoms with E-state index in [2.05, 4.69) is 28.1 Å². The highest BCUT2D eigenvalue weighted by atomic mass is 16.3. The van der Waals surface area contributed by atoms with E-state index in [9.17, 15) is 9.90 Å². The Morgan fingerprint density at radius 2 is 2.21 bits per heavy atom. The van der Waals surface area contributed by atoms with E-state index in [4.69, 9.17) is 0 Å². The van der Waals surface area contributed by atoms with Crippen molar-refractivity contribution in [3.63, 3.8) is 0 Å². The normalized spacial score (nSPS) is 28.0. The summed E-state index contributed by atoms with van der Waals surface area (Å²) in [6, 6.07) is 6.94. The van der Waals surface area contributed by atoms with Crippen LogP contribution in [0.25, 0.3) is 0 Å². The van der Waals surface area contributed by atoms with E-state index < -0.39 is 0 Å². The third kappa shape index (κ3) is 4.26. The van der Waals surface area contributed by atoms with Gasteiger partial charge in [-0.1, -0.05) is 18.2 Å². The fourth-order valence-electron chi connectivity index (χ4n) is 3.75. The maximum absolute atomic E-state index is 12.3. The summed E-state index contributed by atoms with van der Waals surface area (Å²) >= 11 is 0. The highest BCUT2D eigenvalue weighted by molar-refractivity contribution is 5.82. The lowest BCUT2D eigenvalue weighted by Gasteiger charge is -2.29. The Balaban J connectivity index is 1.42. The van der Waals surface area contributed by atoms with E-state index in [0.29, 0.717) is 12.3 Å². The number of hydrogen-bond donors (Lipinski definition) is 4. The van der Waals surface area contributed by atoms with Crippen LogP contribution in [0.2, 0.25) is 0 Å². The van der Waals surface area contributed by atoms with Crippen molar-refractivity contribution in [3.8, 4) is 5.75 Å². The number of rotatable bonds is 5. The van der Waals surface area contributed by atoms with Crippen LogP contribution in [0.1, 0.15) is 37.3 Å². The van der Waals surface area contributed by atoms with Gasteiger partial charge in [0.2, 0.25) is 5.91 Å². The lowest BCUT2D eigenvalue weighted by molar-refractivity contribution is -0.122. The molecular formula is C18H28N4O2. The molecule has 1 aromatic carbocycles.